The van der Waals surface area contributed by atoms with Crippen LogP contribution in [0.15, 0.2) is 18.3 Å². The molecule has 0 fully saturated rings. The van der Waals surface area contributed by atoms with Crippen LogP contribution in [0, 0.1) is 0 Å². The second-order valence-corrected chi connectivity index (χ2v) is 3.72. The molecule has 94 valence electrons. The van der Waals surface area contributed by atoms with Gasteiger partial charge in [0.2, 0.25) is 0 Å². The Labute approximate surface area is 102 Å². The molecule has 1 aromatic rings. The third kappa shape index (κ3) is 4.40. The summed E-state index contributed by atoms with van der Waals surface area (Å²) in [6.45, 7) is 5.00. The van der Waals surface area contributed by atoms with Gasteiger partial charge >= 0.3 is 0 Å². The van der Waals surface area contributed by atoms with E-state index in [9.17, 15) is 4.79 Å². The van der Waals surface area contributed by atoms with Crippen LogP contribution in [0.2, 0.25) is 0 Å². The molecule has 0 aromatic carbocycles. The lowest BCUT2D eigenvalue weighted by molar-refractivity contribution is 0.0871. The van der Waals surface area contributed by atoms with Crippen molar-refractivity contribution in [2.45, 2.75) is 19.9 Å². The van der Waals surface area contributed by atoms with E-state index >= 15 is 0 Å². The number of ether oxygens (including phenoxy) is 1. The van der Waals surface area contributed by atoms with Crippen molar-refractivity contribution in [3.63, 3.8) is 0 Å². The summed E-state index contributed by atoms with van der Waals surface area (Å²) in [5.74, 6) is 0.608. The molecule has 1 rings (SSSR count). The maximum absolute atomic E-state index is 11.8. The van der Waals surface area contributed by atoms with E-state index in [4.69, 9.17) is 4.74 Å². The van der Waals surface area contributed by atoms with Crippen molar-refractivity contribution in [1.29, 1.82) is 0 Å². The molecule has 17 heavy (non-hydrogen) atoms. The molecule has 0 aliphatic rings. The van der Waals surface area contributed by atoms with Gasteiger partial charge in [0.05, 0.1) is 12.2 Å². The van der Waals surface area contributed by atoms with Crippen molar-refractivity contribution in [3.05, 3.63) is 23.9 Å². The molecule has 1 aromatic heterocycles. The highest BCUT2D eigenvalue weighted by Crippen LogP contribution is 2.04. The van der Waals surface area contributed by atoms with Crippen LogP contribution in [-0.4, -0.2) is 37.2 Å². The van der Waals surface area contributed by atoms with E-state index in [0.29, 0.717) is 18.8 Å². The monoisotopic (exact) mass is 237 g/mol. The van der Waals surface area contributed by atoms with E-state index in [1.54, 1.807) is 25.4 Å². The average molecular weight is 237 g/mol. The van der Waals surface area contributed by atoms with Crippen molar-refractivity contribution < 1.29 is 9.53 Å². The van der Waals surface area contributed by atoms with E-state index in [0.717, 1.165) is 5.82 Å². The summed E-state index contributed by atoms with van der Waals surface area (Å²) in [4.78, 5) is 15.9. The molecule has 5 heteroatoms. The molecule has 0 bridgehead atoms. The molecule has 0 aliphatic carbocycles. The van der Waals surface area contributed by atoms with E-state index in [2.05, 4.69) is 15.6 Å². The van der Waals surface area contributed by atoms with Gasteiger partial charge in [-0.15, -0.1) is 0 Å². The Morgan fingerprint density at radius 2 is 2.29 bits per heavy atom. The first-order valence-corrected chi connectivity index (χ1v) is 5.69. The van der Waals surface area contributed by atoms with Crippen LogP contribution in [0.5, 0.6) is 0 Å². The van der Waals surface area contributed by atoms with Gasteiger partial charge in [-0.05, 0) is 26.0 Å². The fourth-order valence-electron chi connectivity index (χ4n) is 1.32. The maximum atomic E-state index is 11.8. The van der Waals surface area contributed by atoms with Gasteiger partial charge in [0.25, 0.3) is 5.91 Å². The fraction of sp³-hybridized carbons (Fsp3) is 0.500. The minimum Gasteiger partial charge on any atom is -0.380 e. The van der Waals surface area contributed by atoms with Crippen molar-refractivity contribution in [1.82, 2.24) is 10.3 Å². The van der Waals surface area contributed by atoms with Gasteiger partial charge < -0.3 is 15.4 Å². The summed E-state index contributed by atoms with van der Waals surface area (Å²) in [5, 5.41) is 5.74. The van der Waals surface area contributed by atoms with Crippen LogP contribution in [0.1, 0.15) is 24.2 Å². The minimum atomic E-state index is -0.132. The van der Waals surface area contributed by atoms with Crippen molar-refractivity contribution >= 4 is 11.7 Å². The van der Waals surface area contributed by atoms with Gasteiger partial charge in [-0.1, -0.05) is 0 Å². The predicted molar refractivity (Wildman–Crippen MR) is 67.2 cm³/mol. The summed E-state index contributed by atoms with van der Waals surface area (Å²) < 4.78 is 5.23. The number of aromatic nitrogens is 1. The number of hydrogen-bond acceptors (Lipinski definition) is 4. The predicted octanol–water partition coefficient (Wildman–Crippen LogP) is 1.28. The zero-order valence-electron chi connectivity index (χ0n) is 10.5. The second-order valence-electron chi connectivity index (χ2n) is 3.72. The lowest BCUT2D eigenvalue weighted by Crippen LogP contribution is -2.35. The van der Waals surface area contributed by atoms with Gasteiger partial charge in [0.1, 0.15) is 5.82 Å². The Morgan fingerprint density at radius 1 is 1.53 bits per heavy atom. The van der Waals surface area contributed by atoms with E-state index in [-0.39, 0.29) is 11.9 Å². The normalized spacial score (nSPS) is 11.9. The highest BCUT2D eigenvalue weighted by Gasteiger charge is 2.09. The first kappa shape index (κ1) is 13.4. The van der Waals surface area contributed by atoms with Gasteiger partial charge in [-0.3, -0.25) is 4.79 Å². The number of nitrogens with zero attached hydrogens (tertiary/aromatic N) is 1. The van der Waals surface area contributed by atoms with Crippen LogP contribution in [0.4, 0.5) is 5.82 Å². The first-order chi connectivity index (χ1) is 8.17. The molecule has 0 aliphatic heterocycles. The number of pyridine rings is 1. The van der Waals surface area contributed by atoms with E-state index < -0.39 is 0 Å². The third-order valence-corrected chi connectivity index (χ3v) is 2.23. The Morgan fingerprint density at radius 3 is 2.82 bits per heavy atom. The lowest BCUT2D eigenvalue weighted by Gasteiger charge is -2.13. The highest BCUT2D eigenvalue weighted by atomic mass is 16.5. The molecule has 0 spiro atoms. The van der Waals surface area contributed by atoms with Crippen molar-refractivity contribution in [3.8, 4) is 0 Å². The average Bonchev–Trinajstić information content (AvgIpc) is 2.36. The summed E-state index contributed by atoms with van der Waals surface area (Å²) >= 11 is 0. The molecule has 1 atom stereocenters. The molecular weight excluding hydrogens is 218 g/mol. The van der Waals surface area contributed by atoms with Gasteiger partial charge in [-0.25, -0.2) is 4.98 Å². The highest BCUT2D eigenvalue weighted by molar-refractivity contribution is 5.94. The second kappa shape index (κ2) is 6.85. The Balaban J connectivity index is 2.51. The van der Waals surface area contributed by atoms with E-state index in [1.807, 2.05) is 13.8 Å². The molecule has 1 amide bonds. The molecule has 1 unspecified atom stereocenters. The molecule has 0 saturated heterocycles. The van der Waals surface area contributed by atoms with Crippen LogP contribution in [0.25, 0.3) is 0 Å². The largest absolute Gasteiger partial charge is 0.380 e. The summed E-state index contributed by atoms with van der Waals surface area (Å²) in [5.41, 5.74) is 0.548. The Kier molecular flexibility index (Phi) is 5.42. The number of carbonyl (C=O) groups excluding carboxylic acids is 1. The maximum Gasteiger partial charge on any atom is 0.253 e. The number of rotatable bonds is 6. The van der Waals surface area contributed by atoms with Crippen LogP contribution in [-0.2, 0) is 4.74 Å². The molecular formula is C12H19N3O2. The summed E-state index contributed by atoms with van der Waals surface area (Å²) in [6.07, 6.45) is 1.55. The molecule has 0 radical (unpaired) electrons. The van der Waals surface area contributed by atoms with Gasteiger partial charge in [0.15, 0.2) is 0 Å². The van der Waals surface area contributed by atoms with Gasteiger partial charge in [-0.2, -0.15) is 0 Å². The number of anilines is 1. The van der Waals surface area contributed by atoms with Crippen LogP contribution in [0.3, 0.4) is 0 Å². The Hall–Kier alpha value is -1.62. The number of amides is 1. The van der Waals surface area contributed by atoms with Crippen LogP contribution >= 0.6 is 0 Å². The summed E-state index contributed by atoms with van der Waals surface area (Å²) in [6, 6.07) is 3.50. The lowest BCUT2D eigenvalue weighted by atomic mass is 10.2. The number of carbonyl (C=O) groups is 1. The van der Waals surface area contributed by atoms with Crippen LogP contribution < -0.4 is 10.6 Å². The quantitative estimate of drug-likeness (QED) is 0.782. The Bertz CT molecular complexity index is 351. The van der Waals surface area contributed by atoms with Crippen molar-refractivity contribution in [2.24, 2.45) is 0 Å². The zero-order valence-corrected chi connectivity index (χ0v) is 10.5. The summed E-state index contributed by atoms with van der Waals surface area (Å²) in [7, 11) is 1.78. The first-order valence-electron chi connectivity index (χ1n) is 5.69. The third-order valence-electron chi connectivity index (χ3n) is 2.23. The SMILES string of the molecule is CCOCC(C)NC(=O)c1ccc(NC)nc1. The van der Waals surface area contributed by atoms with Crippen molar-refractivity contribution in [2.75, 3.05) is 25.6 Å². The topological polar surface area (TPSA) is 63.2 Å². The van der Waals surface area contributed by atoms with Gasteiger partial charge in [0, 0.05) is 25.9 Å². The molecule has 2 N–H and O–H groups in total. The van der Waals surface area contributed by atoms with E-state index in [1.165, 1.54) is 0 Å². The molecule has 5 nitrogen and oxygen atoms in total. The number of hydrogen-bond donors (Lipinski definition) is 2. The smallest absolute Gasteiger partial charge is 0.253 e. The minimum absolute atomic E-state index is 0.00794. The number of nitrogens with one attached hydrogen (secondary N) is 2. The molecule has 1 heterocycles. The fourth-order valence-corrected chi connectivity index (χ4v) is 1.32. The standard InChI is InChI=1S/C12H19N3O2/c1-4-17-8-9(2)15-12(16)10-5-6-11(13-3)14-7-10/h5-7,9H,4,8H2,1-3H3,(H,13,14)(H,15,16). The molecule has 0 saturated carbocycles. The zero-order chi connectivity index (χ0) is 12.7.